The Kier molecular flexibility index (Phi) is 8.26. The van der Waals surface area contributed by atoms with Crippen LogP contribution >= 0.6 is 39.3 Å². The fourth-order valence-electron chi connectivity index (χ4n) is 4.27. The molecular formula is C30H22BrClFNO4S. The minimum Gasteiger partial charge on any atom is -0.490 e. The van der Waals surface area contributed by atoms with E-state index in [-0.39, 0.29) is 22.0 Å². The summed E-state index contributed by atoms with van der Waals surface area (Å²) in [6, 6.07) is 22.0. The van der Waals surface area contributed by atoms with Crippen molar-refractivity contribution in [1.29, 1.82) is 0 Å². The van der Waals surface area contributed by atoms with E-state index in [1.165, 1.54) is 18.2 Å². The highest BCUT2D eigenvalue weighted by Crippen LogP contribution is 2.40. The summed E-state index contributed by atoms with van der Waals surface area (Å²) in [5.74, 6) is -0.0652. The fraction of sp³-hybridized carbons (Fsp3) is 0.133. The monoisotopic (exact) mass is 625 g/mol. The van der Waals surface area contributed by atoms with E-state index < -0.39 is 17.0 Å². The van der Waals surface area contributed by atoms with Crippen molar-refractivity contribution in [3.8, 4) is 11.5 Å². The topological polar surface area (TPSA) is 55.8 Å². The quantitative estimate of drug-likeness (QED) is 0.183. The summed E-state index contributed by atoms with van der Waals surface area (Å²) in [4.78, 5) is 26.9. The molecular weight excluding hydrogens is 605 g/mol. The molecule has 1 aliphatic rings. The van der Waals surface area contributed by atoms with Gasteiger partial charge in [0.15, 0.2) is 11.5 Å². The van der Waals surface area contributed by atoms with Gasteiger partial charge in [0.05, 0.1) is 22.5 Å². The highest BCUT2D eigenvalue weighted by atomic mass is 79.9. The molecule has 0 bridgehead atoms. The Bertz CT molecular complexity index is 1600. The molecule has 5 rings (SSSR count). The summed E-state index contributed by atoms with van der Waals surface area (Å²) in [6.45, 7) is 2.36. The number of ether oxygens (including phenoxy) is 2. The molecule has 1 heterocycles. The van der Waals surface area contributed by atoms with Crippen molar-refractivity contribution in [2.45, 2.75) is 20.1 Å². The van der Waals surface area contributed by atoms with Gasteiger partial charge >= 0.3 is 0 Å². The molecule has 0 radical (unpaired) electrons. The van der Waals surface area contributed by atoms with Crippen molar-refractivity contribution in [2.24, 2.45) is 0 Å². The van der Waals surface area contributed by atoms with E-state index in [2.05, 4.69) is 34.1 Å². The molecule has 0 spiro atoms. The van der Waals surface area contributed by atoms with Gasteiger partial charge < -0.3 is 9.47 Å². The summed E-state index contributed by atoms with van der Waals surface area (Å²) >= 11 is 10.5. The number of imide groups is 1. The largest absolute Gasteiger partial charge is 0.490 e. The zero-order valence-electron chi connectivity index (χ0n) is 20.7. The molecule has 0 aliphatic carbocycles. The maximum atomic E-state index is 14.3. The van der Waals surface area contributed by atoms with Crippen molar-refractivity contribution in [1.82, 2.24) is 4.90 Å². The van der Waals surface area contributed by atoms with Crippen LogP contribution in [0.2, 0.25) is 5.02 Å². The molecule has 2 amide bonds. The fourth-order valence-corrected chi connectivity index (χ4v) is 5.91. The lowest BCUT2D eigenvalue weighted by atomic mass is 10.1. The molecule has 0 atom stereocenters. The zero-order chi connectivity index (χ0) is 27.5. The summed E-state index contributed by atoms with van der Waals surface area (Å²) < 4.78 is 27.0. The van der Waals surface area contributed by atoms with Gasteiger partial charge in [0.1, 0.15) is 12.4 Å². The summed E-state index contributed by atoms with van der Waals surface area (Å²) in [5, 5.41) is 1.90. The Morgan fingerprint density at radius 3 is 2.59 bits per heavy atom. The molecule has 198 valence electrons. The average molecular weight is 627 g/mol. The summed E-state index contributed by atoms with van der Waals surface area (Å²) in [7, 11) is 0. The van der Waals surface area contributed by atoms with Crippen LogP contribution in [-0.4, -0.2) is 22.7 Å². The van der Waals surface area contributed by atoms with Gasteiger partial charge in [0, 0.05) is 10.6 Å². The second-order valence-corrected chi connectivity index (χ2v) is 10.9. The predicted molar refractivity (Wildman–Crippen MR) is 157 cm³/mol. The highest BCUT2D eigenvalue weighted by molar-refractivity contribution is 9.10. The van der Waals surface area contributed by atoms with Crippen LogP contribution in [0.25, 0.3) is 16.8 Å². The van der Waals surface area contributed by atoms with Crippen LogP contribution in [0.5, 0.6) is 11.5 Å². The van der Waals surface area contributed by atoms with Gasteiger partial charge in [-0.1, -0.05) is 60.1 Å². The standard InChI is InChI=1S/C30H22BrClFNO4S/c1-2-37-26-14-18(13-23(31)28(26)38-17-20-9-5-8-19-7-3-4-10-21(19)20)15-27-29(35)34(30(36)39-27)16-22-24(32)11-6-12-25(22)33/h3-15H,2,16-17H2,1H3/b27-15-. The van der Waals surface area contributed by atoms with Crippen LogP contribution in [-0.2, 0) is 17.9 Å². The van der Waals surface area contributed by atoms with E-state index in [0.717, 1.165) is 33.0 Å². The van der Waals surface area contributed by atoms with E-state index in [1.54, 1.807) is 18.2 Å². The van der Waals surface area contributed by atoms with Crippen molar-refractivity contribution in [3.05, 3.63) is 110 Å². The summed E-state index contributed by atoms with van der Waals surface area (Å²) in [5.41, 5.74) is 1.77. The normalized spacial score (nSPS) is 14.5. The minimum atomic E-state index is -0.574. The number of carbonyl (C=O) groups is 2. The Balaban J connectivity index is 1.39. The van der Waals surface area contributed by atoms with E-state index in [1.807, 2.05) is 31.2 Å². The second-order valence-electron chi connectivity index (χ2n) is 8.66. The van der Waals surface area contributed by atoms with Crippen molar-refractivity contribution in [2.75, 3.05) is 6.61 Å². The number of rotatable bonds is 8. The van der Waals surface area contributed by atoms with Crippen LogP contribution < -0.4 is 9.47 Å². The maximum Gasteiger partial charge on any atom is 0.293 e. The van der Waals surface area contributed by atoms with Gasteiger partial charge in [-0.15, -0.1) is 0 Å². The van der Waals surface area contributed by atoms with E-state index in [9.17, 15) is 14.0 Å². The third-order valence-electron chi connectivity index (χ3n) is 6.13. The number of nitrogens with zero attached hydrogens (tertiary/aromatic N) is 1. The van der Waals surface area contributed by atoms with Crippen LogP contribution in [0.1, 0.15) is 23.6 Å². The molecule has 0 aromatic heterocycles. The summed E-state index contributed by atoms with van der Waals surface area (Å²) in [6.07, 6.45) is 1.61. The van der Waals surface area contributed by atoms with Gasteiger partial charge in [-0.3, -0.25) is 14.5 Å². The zero-order valence-corrected chi connectivity index (χ0v) is 23.9. The Hall–Kier alpha value is -3.33. The first-order valence-electron chi connectivity index (χ1n) is 12.1. The number of hydrogen-bond donors (Lipinski definition) is 0. The van der Waals surface area contributed by atoms with Crippen LogP contribution in [0.15, 0.2) is 82.2 Å². The molecule has 0 saturated carbocycles. The highest BCUT2D eigenvalue weighted by Gasteiger charge is 2.36. The first-order valence-corrected chi connectivity index (χ1v) is 14.1. The Morgan fingerprint density at radius 2 is 1.79 bits per heavy atom. The first kappa shape index (κ1) is 27.2. The Morgan fingerprint density at radius 1 is 1.03 bits per heavy atom. The molecule has 4 aromatic carbocycles. The van der Waals surface area contributed by atoms with Crippen LogP contribution in [0, 0.1) is 5.82 Å². The number of halogens is 3. The van der Waals surface area contributed by atoms with Crippen molar-refractivity contribution >= 4 is 67.3 Å². The lowest BCUT2D eigenvalue weighted by Crippen LogP contribution is -2.28. The first-order chi connectivity index (χ1) is 18.9. The van der Waals surface area contributed by atoms with Crippen LogP contribution in [0.3, 0.4) is 0 Å². The average Bonchev–Trinajstić information content (AvgIpc) is 3.17. The molecule has 0 unspecified atom stereocenters. The Labute approximate surface area is 242 Å². The molecule has 9 heteroatoms. The molecule has 4 aromatic rings. The third-order valence-corrected chi connectivity index (χ3v) is 7.98. The number of fused-ring (bicyclic) bond motifs is 1. The number of hydrogen-bond acceptors (Lipinski definition) is 5. The minimum absolute atomic E-state index is 0.0942. The second kappa shape index (κ2) is 11.8. The number of amides is 2. The SMILES string of the molecule is CCOc1cc(/C=C2\SC(=O)N(Cc3c(F)cccc3Cl)C2=O)cc(Br)c1OCc1cccc2ccccc12. The molecule has 1 saturated heterocycles. The lowest BCUT2D eigenvalue weighted by Gasteiger charge is -2.16. The van der Waals surface area contributed by atoms with E-state index >= 15 is 0 Å². The molecule has 0 N–H and O–H groups in total. The van der Waals surface area contributed by atoms with E-state index in [0.29, 0.717) is 34.7 Å². The molecule has 1 fully saturated rings. The number of thioether (sulfide) groups is 1. The van der Waals surface area contributed by atoms with Crippen molar-refractivity contribution in [3.63, 3.8) is 0 Å². The van der Waals surface area contributed by atoms with Gasteiger partial charge in [-0.05, 0) is 86.9 Å². The van der Waals surface area contributed by atoms with Gasteiger partial charge in [0.2, 0.25) is 0 Å². The van der Waals surface area contributed by atoms with Crippen molar-refractivity contribution < 1.29 is 23.5 Å². The van der Waals surface area contributed by atoms with Gasteiger partial charge in [-0.2, -0.15) is 0 Å². The number of benzene rings is 4. The lowest BCUT2D eigenvalue weighted by molar-refractivity contribution is -0.123. The number of carbonyl (C=O) groups excluding carboxylic acids is 2. The van der Waals surface area contributed by atoms with E-state index in [4.69, 9.17) is 21.1 Å². The van der Waals surface area contributed by atoms with Gasteiger partial charge in [0.25, 0.3) is 11.1 Å². The third kappa shape index (κ3) is 5.83. The predicted octanol–water partition coefficient (Wildman–Crippen LogP) is 8.61. The molecule has 5 nitrogen and oxygen atoms in total. The maximum absolute atomic E-state index is 14.3. The molecule has 39 heavy (non-hydrogen) atoms. The smallest absolute Gasteiger partial charge is 0.293 e. The van der Waals surface area contributed by atoms with Gasteiger partial charge in [-0.25, -0.2) is 4.39 Å². The van der Waals surface area contributed by atoms with Crippen LogP contribution in [0.4, 0.5) is 9.18 Å². The molecule has 1 aliphatic heterocycles.